The summed E-state index contributed by atoms with van der Waals surface area (Å²) in [6.07, 6.45) is 1.49. The molecule has 1 unspecified atom stereocenters. The number of hydrogen-bond donors (Lipinski definition) is 1. The predicted octanol–water partition coefficient (Wildman–Crippen LogP) is 0.448. The van der Waals surface area contributed by atoms with Crippen LogP contribution in [0.2, 0.25) is 0 Å². The lowest BCUT2D eigenvalue weighted by Gasteiger charge is -2.26. The zero-order valence-electron chi connectivity index (χ0n) is 10.6. The van der Waals surface area contributed by atoms with E-state index in [4.69, 9.17) is 4.74 Å². The molecule has 1 aromatic heterocycles. The highest BCUT2D eigenvalue weighted by Crippen LogP contribution is 2.20. The van der Waals surface area contributed by atoms with Crippen molar-refractivity contribution in [2.75, 3.05) is 19.4 Å². The Morgan fingerprint density at radius 2 is 2.41 bits per heavy atom. The van der Waals surface area contributed by atoms with Crippen LogP contribution in [0.1, 0.15) is 13.8 Å². The number of hydrogen-bond acceptors (Lipinski definition) is 6. The van der Waals surface area contributed by atoms with Gasteiger partial charge in [0.05, 0.1) is 7.11 Å². The molecule has 0 fully saturated rings. The monoisotopic (exact) mass is 258 g/mol. The number of nitrogens with one attached hydrogen (secondary N) is 1. The fourth-order valence-corrected chi connectivity index (χ4v) is 2.42. The minimum Gasteiger partial charge on any atom is -0.468 e. The van der Waals surface area contributed by atoms with E-state index in [9.17, 15) is 4.79 Å². The van der Waals surface area contributed by atoms with Gasteiger partial charge in [-0.2, -0.15) is 5.10 Å². The van der Waals surface area contributed by atoms with Crippen LogP contribution in [0.15, 0.2) is 11.5 Å². The number of carbonyl (C=O) groups is 1. The third kappa shape index (κ3) is 3.44. The molecule has 1 N–H and O–H groups in total. The fourth-order valence-electron chi connectivity index (χ4n) is 1.42. The van der Waals surface area contributed by atoms with Crippen molar-refractivity contribution in [2.45, 2.75) is 24.5 Å². The van der Waals surface area contributed by atoms with Gasteiger partial charge in [-0.1, -0.05) is 18.7 Å². The van der Waals surface area contributed by atoms with Crippen LogP contribution in [0.5, 0.6) is 0 Å². The van der Waals surface area contributed by atoms with Crippen molar-refractivity contribution >= 4 is 17.7 Å². The maximum Gasteiger partial charge on any atom is 0.326 e. The van der Waals surface area contributed by atoms with Gasteiger partial charge in [0, 0.05) is 12.8 Å². The predicted molar refractivity (Wildman–Crippen MR) is 65.8 cm³/mol. The summed E-state index contributed by atoms with van der Waals surface area (Å²) in [4.78, 5) is 15.8. The second-order valence-corrected chi connectivity index (χ2v) is 4.75. The van der Waals surface area contributed by atoms with Crippen LogP contribution in [0.3, 0.4) is 0 Å². The Bertz CT molecular complexity index is 382. The summed E-state index contributed by atoms with van der Waals surface area (Å²) in [5.74, 6) is 0.272. The van der Waals surface area contributed by atoms with Crippen molar-refractivity contribution in [3.8, 4) is 0 Å². The number of esters is 1. The van der Waals surface area contributed by atoms with Crippen LogP contribution >= 0.6 is 11.8 Å². The molecule has 7 heteroatoms. The normalized spacial score (nSPS) is 14.4. The Kier molecular flexibility index (Phi) is 4.95. The first-order valence-corrected chi connectivity index (χ1v) is 6.32. The van der Waals surface area contributed by atoms with Gasteiger partial charge in [-0.25, -0.2) is 9.67 Å². The lowest BCUT2D eigenvalue weighted by Crippen LogP contribution is -2.52. The lowest BCUT2D eigenvalue weighted by molar-refractivity contribution is -0.146. The van der Waals surface area contributed by atoms with Crippen LogP contribution in [-0.4, -0.2) is 45.7 Å². The molecule has 17 heavy (non-hydrogen) atoms. The quantitative estimate of drug-likeness (QED) is 0.590. The number of rotatable bonds is 6. The minimum atomic E-state index is -0.708. The Morgan fingerprint density at radius 3 is 2.88 bits per heavy atom. The lowest BCUT2D eigenvalue weighted by atomic mass is 10.1. The highest BCUT2D eigenvalue weighted by atomic mass is 32.2. The Labute approximate surface area is 105 Å². The van der Waals surface area contributed by atoms with Crippen LogP contribution < -0.4 is 5.32 Å². The third-order valence-corrected chi connectivity index (χ3v) is 3.71. The van der Waals surface area contributed by atoms with E-state index in [1.54, 1.807) is 4.68 Å². The zero-order valence-corrected chi connectivity index (χ0v) is 11.4. The fraction of sp³-hybridized carbons (Fsp3) is 0.700. The summed E-state index contributed by atoms with van der Waals surface area (Å²) in [6.45, 7) is 4.48. The zero-order chi connectivity index (χ0) is 12.9. The van der Waals surface area contributed by atoms with E-state index in [0.29, 0.717) is 12.3 Å². The molecule has 0 saturated carbocycles. The van der Waals surface area contributed by atoms with Crippen LogP contribution in [-0.2, 0) is 16.6 Å². The standard InChI is InChI=1S/C10H18N4O2S/c1-5-12-10(2,8(15)16-4)6-17-9-11-7-13-14(9)3/h7,12H,5-6H2,1-4H3. The highest BCUT2D eigenvalue weighted by Gasteiger charge is 2.33. The van der Waals surface area contributed by atoms with E-state index in [2.05, 4.69) is 15.4 Å². The van der Waals surface area contributed by atoms with Crippen molar-refractivity contribution in [2.24, 2.45) is 7.05 Å². The average molecular weight is 258 g/mol. The Balaban J connectivity index is 2.68. The number of nitrogens with zero attached hydrogens (tertiary/aromatic N) is 3. The van der Waals surface area contributed by atoms with E-state index in [-0.39, 0.29) is 5.97 Å². The van der Waals surface area contributed by atoms with E-state index in [1.807, 2.05) is 20.9 Å². The summed E-state index contributed by atoms with van der Waals surface area (Å²) in [5.41, 5.74) is -0.708. The van der Waals surface area contributed by atoms with Gasteiger partial charge in [0.25, 0.3) is 0 Å². The average Bonchev–Trinajstić information content (AvgIpc) is 2.71. The van der Waals surface area contributed by atoms with Gasteiger partial charge < -0.3 is 10.1 Å². The Hall–Kier alpha value is -1.08. The highest BCUT2D eigenvalue weighted by molar-refractivity contribution is 7.99. The molecule has 1 aromatic rings. The summed E-state index contributed by atoms with van der Waals surface area (Å²) in [5, 5.41) is 7.89. The SMILES string of the molecule is CCNC(C)(CSc1ncnn1C)C(=O)OC. The van der Waals surface area contributed by atoms with Crippen molar-refractivity contribution in [3.63, 3.8) is 0 Å². The van der Waals surface area contributed by atoms with Gasteiger partial charge in [-0.15, -0.1) is 0 Å². The van der Waals surface area contributed by atoms with E-state index < -0.39 is 5.54 Å². The largest absolute Gasteiger partial charge is 0.468 e. The molecule has 0 aliphatic rings. The van der Waals surface area contributed by atoms with Gasteiger partial charge in [-0.05, 0) is 13.5 Å². The molecule has 0 aliphatic carbocycles. The van der Waals surface area contributed by atoms with E-state index in [1.165, 1.54) is 25.2 Å². The van der Waals surface area contributed by atoms with E-state index in [0.717, 1.165) is 5.16 Å². The number of carbonyl (C=O) groups excluding carboxylic acids is 1. The molecule has 1 heterocycles. The van der Waals surface area contributed by atoms with Crippen molar-refractivity contribution in [1.82, 2.24) is 20.1 Å². The van der Waals surface area contributed by atoms with Crippen molar-refractivity contribution < 1.29 is 9.53 Å². The van der Waals surface area contributed by atoms with Gasteiger partial charge in [0.2, 0.25) is 0 Å². The molecule has 0 radical (unpaired) electrons. The first kappa shape index (κ1) is 14.0. The summed E-state index contributed by atoms with van der Waals surface area (Å²) in [7, 11) is 3.21. The molecule has 96 valence electrons. The maximum atomic E-state index is 11.7. The third-order valence-electron chi connectivity index (χ3n) is 2.36. The molecule has 1 atom stereocenters. The van der Waals surface area contributed by atoms with Gasteiger partial charge in [0.1, 0.15) is 11.9 Å². The number of likely N-dealkylation sites (N-methyl/N-ethyl adjacent to an activating group) is 1. The number of aryl methyl sites for hydroxylation is 1. The summed E-state index contributed by atoms with van der Waals surface area (Å²) >= 11 is 1.47. The van der Waals surface area contributed by atoms with Crippen LogP contribution in [0.25, 0.3) is 0 Å². The van der Waals surface area contributed by atoms with E-state index >= 15 is 0 Å². The molecule has 0 bridgehead atoms. The molecule has 6 nitrogen and oxygen atoms in total. The Morgan fingerprint density at radius 1 is 1.71 bits per heavy atom. The molecular weight excluding hydrogens is 240 g/mol. The first-order valence-electron chi connectivity index (χ1n) is 5.33. The van der Waals surface area contributed by atoms with Gasteiger partial charge in [-0.3, -0.25) is 4.79 Å². The number of methoxy groups -OCH3 is 1. The van der Waals surface area contributed by atoms with Crippen molar-refractivity contribution in [3.05, 3.63) is 6.33 Å². The molecule has 0 amide bonds. The maximum absolute atomic E-state index is 11.7. The van der Waals surface area contributed by atoms with Crippen LogP contribution in [0.4, 0.5) is 0 Å². The minimum absolute atomic E-state index is 0.269. The summed E-state index contributed by atoms with van der Waals surface area (Å²) < 4.78 is 6.49. The van der Waals surface area contributed by atoms with Gasteiger partial charge in [0.15, 0.2) is 5.16 Å². The molecule has 0 saturated heterocycles. The second-order valence-electron chi connectivity index (χ2n) is 3.81. The number of thioether (sulfide) groups is 1. The molecule has 0 aliphatic heterocycles. The summed E-state index contributed by atoms with van der Waals surface area (Å²) in [6, 6.07) is 0. The molecule has 1 rings (SSSR count). The molecular formula is C10H18N4O2S. The number of ether oxygens (including phenoxy) is 1. The smallest absolute Gasteiger partial charge is 0.326 e. The molecule has 0 aromatic carbocycles. The number of aromatic nitrogens is 3. The first-order chi connectivity index (χ1) is 8.03. The van der Waals surface area contributed by atoms with Crippen molar-refractivity contribution in [1.29, 1.82) is 0 Å². The molecule has 0 spiro atoms. The topological polar surface area (TPSA) is 69.0 Å². The second kappa shape index (κ2) is 6.02. The van der Waals surface area contributed by atoms with Gasteiger partial charge >= 0.3 is 5.97 Å². The van der Waals surface area contributed by atoms with Crippen LogP contribution in [0, 0.1) is 0 Å².